The molecule has 0 saturated carbocycles. The molecule has 2 fully saturated rings. The summed E-state index contributed by atoms with van der Waals surface area (Å²) in [5, 5.41) is 9.04. The fourth-order valence-electron chi connectivity index (χ4n) is 3.90. The van der Waals surface area contributed by atoms with Crippen molar-refractivity contribution >= 4 is 15.8 Å². The molecule has 0 spiro atoms. The molecule has 26 heavy (non-hydrogen) atoms. The Labute approximate surface area is 153 Å². The number of benzene rings is 1. The standard InChI is InChI=1S/C19H20N4O2S/c20-9-16-6-7-21-19(8-16)22-10-17-12-23(13-18(17)11-22)26(24,25)14-15-4-2-1-3-5-15/h1-8,17-18H,10-14H2. The van der Waals surface area contributed by atoms with Crippen molar-refractivity contribution in [3.63, 3.8) is 0 Å². The van der Waals surface area contributed by atoms with Crippen LogP contribution in [-0.2, 0) is 15.8 Å². The van der Waals surface area contributed by atoms with Crippen molar-refractivity contribution in [2.45, 2.75) is 5.75 Å². The third kappa shape index (κ3) is 3.30. The molecule has 6 nitrogen and oxygen atoms in total. The first-order valence-electron chi connectivity index (χ1n) is 8.68. The topological polar surface area (TPSA) is 77.3 Å². The van der Waals surface area contributed by atoms with Crippen LogP contribution in [0.25, 0.3) is 0 Å². The van der Waals surface area contributed by atoms with Gasteiger partial charge in [-0.15, -0.1) is 0 Å². The molecule has 2 atom stereocenters. The van der Waals surface area contributed by atoms with Gasteiger partial charge in [-0.3, -0.25) is 0 Å². The fraction of sp³-hybridized carbons (Fsp3) is 0.368. The van der Waals surface area contributed by atoms with Gasteiger partial charge in [0.1, 0.15) is 5.82 Å². The smallest absolute Gasteiger partial charge is 0.218 e. The highest BCUT2D eigenvalue weighted by molar-refractivity contribution is 7.88. The summed E-state index contributed by atoms with van der Waals surface area (Å²) in [5.41, 5.74) is 1.42. The van der Waals surface area contributed by atoms with Gasteiger partial charge in [0.05, 0.1) is 17.4 Å². The summed E-state index contributed by atoms with van der Waals surface area (Å²) in [6, 6.07) is 14.9. The molecule has 2 aliphatic rings. The molecule has 0 N–H and O–H groups in total. The van der Waals surface area contributed by atoms with Gasteiger partial charge in [0.25, 0.3) is 0 Å². The van der Waals surface area contributed by atoms with Gasteiger partial charge in [-0.2, -0.15) is 5.26 Å². The van der Waals surface area contributed by atoms with E-state index in [1.54, 1.807) is 22.6 Å². The Bertz CT molecular complexity index is 926. The molecule has 4 rings (SSSR count). The first kappa shape index (κ1) is 17.0. The molecular weight excluding hydrogens is 348 g/mol. The molecule has 2 aliphatic heterocycles. The maximum Gasteiger partial charge on any atom is 0.218 e. The summed E-state index contributed by atoms with van der Waals surface area (Å²) in [4.78, 5) is 6.53. The Hall–Kier alpha value is -2.43. The van der Waals surface area contributed by atoms with Crippen molar-refractivity contribution in [3.8, 4) is 6.07 Å². The van der Waals surface area contributed by atoms with E-state index in [1.807, 2.05) is 30.3 Å². The van der Waals surface area contributed by atoms with Crippen molar-refractivity contribution in [1.29, 1.82) is 5.26 Å². The summed E-state index contributed by atoms with van der Waals surface area (Å²) >= 11 is 0. The Morgan fingerprint density at radius 2 is 1.77 bits per heavy atom. The van der Waals surface area contributed by atoms with Crippen LogP contribution in [0.3, 0.4) is 0 Å². The predicted molar refractivity (Wildman–Crippen MR) is 98.8 cm³/mol. The first-order chi connectivity index (χ1) is 12.5. The number of hydrogen-bond donors (Lipinski definition) is 0. The molecule has 0 aliphatic carbocycles. The molecule has 0 radical (unpaired) electrons. The minimum absolute atomic E-state index is 0.0583. The molecule has 0 amide bonds. The SMILES string of the molecule is N#Cc1ccnc(N2CC3CN(S(=O)(=O)Cc4ccccc4)CC3C2)c1. The summed E-state index contributed by atoms with van der Waals surface area (Å²) < 4.78 is 27.1. The zero-order valence-corrected chi connectivity index (χ0v) is 15.1. The second-order valence-corrected chi connectivity index (χ2v) is 8.97. The molecule has 134 valence electrons. The van der Waals surface area contributed by atoms with Crippen molar-refractivity contribution < 1.29 is 8.42 Å². The van der Waals surface area contributed by atoms with E-state index in [4.69, 9.17) is 5.26 Å². The number of hydrogen-bond acceptors (Lipinski definition) is 5. The van der Waals surface area contributed by atoms with E-state index in [9.17, 15) is 8.42 Å². The summed E-state index contributed by atoms with van der Waals surface area (Å²) in [5.74, 6) is 1.49. The number of rotatable bonds is 4. The van der Waals surface area contributed by atoms with E-state index < -0.39 is 10.0 Å². The van der Waals surface area contributed by atoms with Crippen LogP contribution in [0.5, 0.6) is 0 Å². The van der Waals surface area contributed by atoms with Gasteiger partial charge in [-0.05, 0) is 29.5 Å². The van der Waals surface area contributed by atoms with Crippen LogP contribution in [-0.4, -0.2) is 43.9 Å². The summed E-state index contributed by atoms with van der Waals surface area (Å²) in [7, 11) is -3.29. The lowest BCUT2D eigenvalue weighted by Crippen LogP contribution is -2.34. The highest BCUT2D eigenvalue weighted by Crippen LogP contribution is 2.35. The van der Waals surface area contributed by atoms with E-state index in [0.717, 1.165) is 24.5 Å². The van der Waals surface area contributed by atoms with Crippen LogP contribution < -0.4 is 4.90 Å². The average Bonchev–Trinajstić information content (AvgIpc) is 3.22. The normalized spacial score (nSPS) is 23.0. The van der Waals surface area contributed by atoms with Gasteiger partial charge in [0, 0.05) is 32.4 Å². The van der Waals surface area contributed by atoms with Gasteiger partial charge >= 0.3 is 0 Å². The van der Waals surface area contributed by atoms with E-state index >= 15 is 0 Å². The van der Waals surface area contributed by atoms with Gasteiger partial charge in [-0.25, -0.2) is 17.7 Å². The highest BCUT2D eigenvalue weighted by atomic mass is 32.2. The number of fused-ring (bicyclic) bond motifs is 1. The minimum Gasteiger partial charge on any atom is -0.356 e. The summed E-state index contributed by atoms with van der Waals surface area (Å²) in [6.45, 7) is 2.69. The Morgan fingerprint density at radius 1 is 1.08 bits per heavy atom. The lowest BCUT2D eigenvalue weighted by atomic mass is 10.0. The van der Waals surface area contributed by atoms with Gasteiger partial charge in [-0.1, -0.05) is 30.3 Å². The zero-order chi connectivity index (χ0) is 18.1. The van der Waals surface area contributed by atoms with Gasteiger partial charge < -0.3 is 4.90 Å². The highest BCUT2D eigenvalue weighted by Gasteiger charge is 2.44. The lowest BCUT2D eigenvalue weighted by Gasteiger charge is -2.22. The minimum atomic E-state index is -3.29. The van der Waals surface area contributed by atoms with Crippen LogP contribution >= 0.6 is 0 Å². The van der Waals surface area contributed by atoms with Crippen molar-refractivity contribution in [1.82, 2.24) is 9.29 Å². The molecule has 3 heterocycles. The number of nitriles is 1. The van der Waals surface area contributed by atoms with Crippen LogP contribution in [0, 0.1) is 23.2 Å². The summed E-state index contributed by atoms with van der Waals surface area (Å²) in [6.07, 6.45) is 1.65. The first-order valence-corrected chi connectivity index (χ1v) is 10.3. The number of sulfonamides is 1. The Balaban J connectivity index is 1.42. The molecule has 2 unspecified atom stereocenters. The predicted octanol–water partition coefficient (Wildman–Crippen LogP) is 1.85. The molecular formula is C19H20N4O2S. The van der Waals surface area contributed by atoms with Crippen molar-refractivity contribution in [3.05, 3.63) is 59.8 Å². The molecule has 2 saturated heterocycles. The molecule has 1 aromatic heterocycles. The average molecular weight is 368 g/mol. The van der Waals surface area contributed by atoms with Crippen LogP contribution in [0.4, 0.5) is 5.82 Å². The maximum atomic E-state index is 12.7. The lowest BCUT2D eigenvalue weighted by molar-refractivity contribution is 0.452. The number of nitrogens with zero attached hydrogens (tertiary/aromatic N) is 4. The van der Waals surface area contributed by atoms with Gasteiger partial charge in [0.15, 0.2) is 0 Å². The van der Waals surface area contributed by atoms with E-state index in [0.29, 0.717) is 30.5 Å². The maximum absolute atomic E-state index is 12.7. The van der Waals surface area contributed by atoms with Crippen LogP contribution in [0.1, 0.15) is 11.1 Å². The third-order valence-electron chi connectivity index (χ3n) is 5.24. The third-order valence-corrected chi connectivity index (χ3v) is 7.02. The van der Waals surface area contributed by atoms with E-state index in [2.05, 4.69) is 16.0 Å². The monoisotopic (exact) mass is 368 g/mol. The number of pyridine rings is 1. The Morgan fingerprint density at radius 3 is 2.42 bits per heavy atom. The molecule has 1 aromatic carbocycles. The Kier molecular flexibility index (Phi) is 4.39. The number of anilines is 1. The number of aromatic nitrogens is 1. The molecule has 7 heteroatoms. The zero-order valence-electron chi connectivity index (χ0n) is 14.3. The largest absolute Gasteiger partial charge is 0.356 e. The van der Waals surface area contributed by atoms with Crippen molar-refractivity contribution in [2.24, 2.45) is 11.8 Å². The van der Waals surface area contributed by atoms with Gasteiger partial charge in [0.2, 0.25) is 10.0 Å². The molecule has 2 aromatic rings. The van der Waals surface area contributed by atoms with E-state index in [-0.39, 0.29) is 5.75 Å². The van der Waals surface area contributed by atoms with Crippen molar-refractivity contribution in [2.75, 3.05) is 31.1 Å². The second kappa shape index (κ2) is 6.71. The second-order valence-electron chi connectivity index (χ2n) is 7.00. The van der Waals surface area contributed by atoms with Crippen LogP contribution in [0.15, 0.2) is 48.7 Å². The van der Waals surface area contributed by atoms with E-state index in [1.165, 1.54) is 0 Å². The fourth-order valence-corrected chi connectivity index (χ4v) is 5.53. The molecule has 0 bridgehead atoms. The quantitative estimate of drug-likeness (QED) is 0.823. The van der Waals surface area contributed by atoms with Crippen LogP contribution in [0.2, 0.25) is 0 Å².